The fourth-order valence-corrected chi connectivity index (χ4v) is 8.96. The van der Waals surface area contributed by atoms with E-state index in [0.29, 0.717) is 0 Å². The number of nitrogens with zero attached hydrogens (tertiary/aromatic N) is 6. The molecule has 52 heavy (non-hydrogen) atoms. The molecule has 2 aliphatic carbocycles. The van der Waals surface area contributed by atoms with E-state index in [-0.39, 0.29) is 10.8 Å². The number of benzene rings is 2. The SMILES string of the molecule is C1=CC(c2ccccc2)(c2cncs2)Cc2[nH]nc(-c3ccccn3)c21.C1=CC(c2ccccc2)(c2cncs2)Cc2[nH]nc(-c3cccnc3)c21. The second-order valence-electron chi connectivity index (χ2n) is 12.8. The number of hydrogen-bond donors (Lipinski definition) is 2. The monoisotopic (exact) mass is 712 g/mol. The van der Waals surface area contributed by atoms with Crippen molar-refractivity contribution in [2.75, 3.05) is 0 Å². The van der Waals surface area contributed by atoms with Crippen molar-refractivity contribution >= 4 is 34.8 Å². The van der Waals surface area contributed by atoms with Crippen molar-refractivity contribution < 1.29 is 0 Å². The zero-order chi connectivity index (χ0) is 34.8. The van der Waals surface area contributed by atoms with Crippen LogP contribution >= 0.6 is 22.7 Å². The van der Waals surface area contributed by atoms with Crippen LogP contribution in [0.1, 0.15) is 43.4 Å². The van der Waals surface area contributed by atoms with Crippen LogP contribution in [0.3, 0.4) is 0 Å². The van der Waals surface area contributed by atoms with Crippen LogP contribution in [0.5, 0.6) is 0 Å². The van der Waals surface area contributed by atoms with Crippen LogP contribution in [0.25, 0.3) is 34.8 Å². The molecule has 0 bridgehead atoms. The Kier molecular flexibility index (Phi) is 8.30. The molecule has 0 amide bonds. The minimum absolute atomic E-state index is 0.214. The highest BCUT2D eigenvalue weighted by atomic mass is 32.1. The lowest BCUT2D eigenvalue weighted by Gasteiger charge is -2.32. The summed E-state index contributed by atoms with van der Waals surface area (Å²) in [6, 6.07) is 31.1. The van der Waals surface area contributed by atoms with E-state index in [1.54, 1.807) is 35.1 Å². The van der Waals surface area contributed by atoms with Gasteiger partial charge in [0.15, 0.2) is 0 Å². The molecule has 0 aliphatic heterocycles. The molecule has 0 saturated heterocycles. The van der Waals surface area contributed by atoms with Crippen molar-refractivity contribution in [3.05, 3.63) is 189 Å². The van der Waals surface area contributed by atoms with Crippen LogP contribution in [0.2, 0.25) is 0 Å². The van der Waals surface area contributed by atoms with Crippen molar-refractivity contribution in [3.63, 3.8) is 0 Å². The maximum atomic E-state index is 4.58. The van der Waals surface area contributed by atoms with Crippen molar-refractivity contribution in [2.24, 2.45) is 0 Å². The first kappa shape index (κ1) is 31.9. The van der Waals surface area contributed by atoms with E-state index in [1.165, 1.54) is 20.9 Å². The van der Waals surface area contributed by atoms with Gasteiger partial charge in [0.2, 0.25) is 0 Å². The fraction of sp³-hybridized carbons (Fsp3) is 0.0952. The number of pyridine rings is 2. The molecule has 2 aromatic carbocycles. The molecule has 10 heteroatoms. The Balaban J connectivity index is 0.000000138. The lowest BCUT2D eigenvalue weighted by Crippen LogP contribution is -2.29. The Morgan fingerprint density at radius 2 is 1.12 bits per heavy atom. The molecule has 0 radical (unpaired) electrons. The van der Waals surface area contributed by atoms with Crippen LogP contribution in [0, 0.1) is 0 Å². The predicted molar refractivity (Wildman–Crippen MR) is 208 cm³/mol. The largest absolute Gasteiger partial charge is 0.281 e. The van der Waals surface area contributed by atoms with Crippen molar-refractivity contribution in [2.45, 2.75) is 23.7 Å². The van der Waals surface area contributed by atoms with Gasteiger partial charge in [0.05, 0.1) is 27.5 Å². The van der Waals surface area contributed by atoms with E-state index < -0.39 is 0 Å². The van der Waals surface area contributed by atoms with Crippen LogP contribution in [0.15, 0.2) is 145 Å². The van der Waals surface area contributed by atoms with E-state index in [2.05, 4.69) is 125 Å². The molecule has 2 atom stereocenters. The van der Waals surface area contributed by atoms with E-state index in [4.69, 9.17) is 0 Å². The number of fused-ring (bicyclic) bond motifs is 2. The summed E-state index contributed by atoms with van der Waals surface area (Å²) in [7, 11) is 0. The zero-order valence-corrected chi connectivity index (χ0v) is 29.6. The van der Waals surface area contributed by atoms with Crippen LogP contribution < -0.4 is 0 Å². The Morgan fingerprint density at radius 1 is 0.538 bits per heavy atom. The van der Waals surface area contributed by atoms with Crippen molar-refractivity contribution in [1.82, 2.24) is 40.3 Å². The normalized spacial score (nSPS) is 18.6. The predicted octanol–water partition coefficient (Wildman–Crippen LogP) is 8.97. The van der Waals surface area contributed by atoms with Gasteiger partial charge in [-0.05, 0) is 35.4 Å². The van der Waals surface area contributed by atoms with Gasteiger partial charge in [0.1, 0.15) is 11.4 Å². The van der Waals surface area contributed by atoms with Gasteiger partial charge in [0.25, 0.3) is 0 Å². The van der Waals surface area contributed by atoms with Gasteiger partial charge in [-0.25, -0.2) is 0 Å². The second-order valence-corrected chi connectivity index (χ2v) is 14.6. The molecule has 0 fully saturated rings. The third-order valence-electron chi connectivity index (χ3n) is 9.91. The first-order valence-electron chi connectivity index (χ1n) is 17.0. The molecule has 10 rings (SSSR count). The molecular formula is C42H32N8S2. The lowest BCUT2D eigenvalue weighted by molar-refractivity contribution is 0.631. The minimum Gasteiger partial charge on any atom is -0.281 e. The van der Waals surface area contributed by atoms with Gasteiger partial charge >= 0.3 is 0 Å². The lowest BCUT2D eigenvalue weighted by atomic mass is 9.72. The van der Waals surface area contributed by atoms with E-state index >= 15 is 0 Å². The number of aromatic nitrogens is 8. The van der Waals surface area contributed by atoms with Crippen molar-refractivity contribution in [1.29, 1.82) is 0 Å². The molecule has 0 spiro atoms. The average molecular weight is 713 g/mol. The highest BCUT2D eigenvalue weighted by molar-refractivity contribution is 7.10. The highest BCUT2D eigenvalue weighted by Crippen LogP contribution is 2.45. The zero-order valence-electron chi connectivity index (χ0n) is 27.9. The first-order chi connectivity index (χ1) is 25.7. The van der Waals surface area contributed by atoms with Gasteiger partial charge < -0.3 is 0 Å². The summed E-state index contributed by atoms with van der Waals surface area (Å²) < 4.78 is 0. The number of thiazole rings is 2. The smallest absolute Gasteiger partial charge is 0.118 e. The van der Waals surface area contributed by atoms with Gasteiger partial charge in [-0.15, -0.1) is 22.7 Å². The van der Waals surface area contributed by atoms with Crippen LogP contribution in [0.4, 0.5) is 0 Å². The molecule has 0 saturated carbocycles. The summed E-state index contributed by atoms with van der Waals surface area (Å²) in [5, 5.41) is 15.7. The maximum Gasteiger partial charge on any atom is 0.118 e. The Morgan fingerprint density at radius 3 is 1.63 bits per heavy atom. The number of allylic oxidation sites excluding steroid dienone is 2. The molecule has 2 unspecified atom stereocenters. The Bertz CT molecular complexity index is 2280. The molecule has 6 aromatic heterocycles. The first-order valence-corrected chi connectivity index (χ1v) is 18.7. The summed E-state index contributed by atoms with van der Waals surface area (Å²) >= 11 is 3.39. The number of hydrogen-bond acceptors (Lipinski definition) is 8. The second kappa shape index (κ2) is 13.6. The third-order valence-corrected chi connectivity index (χ3v) is 11.8. The molecule has 2 aliphatic rings. The maximum absolute atomic E-state index is 4.58. The molecule has 2 N–H and O–H groups in total. The third kappa shape index (κ3) is 5.62. The van der Waals surface area contributed by atoms with Gasteiger partial charge in [-0.1, -0.05) is 91.0 Å². The van der Waals surface area contributed by atoms with E-state index in [9.17, 15) is 0 Å². The van der Waals surface area contributed by atoms with Crippen LogP contribution in [-0.2, 0) is 23.7 Å². The fourth-order valence-electron chi connectivity index (χ4n) is 7.31. The quantitative estimate of drug-likeness (QED) is 0.178. The molecule has 252 valence electrons. The standard InChI is InChI=1S/2C21H16N4S/c1-2-6-16(7-3-1)21(19-13-23-14-26-19)9-8-17-18(11-21)24-25-20(17)15-5-4-10-22-12-15;1-2-6-15(7-3-1)21(19-13-22-14-26-19)10-9-16-18(12-21)24-25-20(16)17-8-4-5-11-23-17/h1-10,12-14H,11H2,(H,24,25);1-11,13-14H,12H2,(H,24,25). The van der Waals surface area contributed by atoms with Crippen LogP contribution in [-0.4, -0.2) is 40.3 Å². The molecule has 6 heterocycles. The van der Waals surface area contributed by atoms with Gasteiger partial charge in [0, 0.05) is 81.7 Å². The summed E-state index contributed by atoms with van der Waals surface area (Å²) in [6.45, 7) is 0. The minimum atomic E-state index is -0.219. The summed E-state index contributed by atoms with van der Waals surface area (Å²) in [6.07, 6.45) is 20.0. The Labute approximate surface area is 308 Å². The number of H-pyrrole nitrogens is 2. The summed E-state index contributed by atoms with van der Waals surface area (Å²) in [5.41, 5.74) is 14.2. The summed E-state index contributed by atoms with van der Waals surface area (Å²) in [4.78, 5) is 19.8. The topological polar surface area (TPSA) is 109 Å². The Hall–Kier alpha value is -6.10. The number of aromatic amines is 2. The molecular weight excluding hydrogens is 681 g/mol. The molecule has 8 aromatic rings. The highest BCUT2D eigenvalue weighted by Gasteiger charge is 2.39. The van der Waals surface area contributed by atoms with E-state index in [1.807, 2.05) is 59.9 Å². The number of nitrogens with one attached hydrogen (secondary N) is 2. The number of rotatable bonds is 6. The van der Waals surface area contributed by atoms with Crippen molar-refractivity contribution in [3.8, 4) is 22.6 Å². The summed E-state index contributed by atoms with van der Waals surface area (Å²) in [5.74, 6) is 0. The molecule has 8 nitrogen and oxygen atoms in total. The van der Waals surface area contributed by atoms with Gasteiger partial charge in [-0.2, -0.15) is 10.2 Å². The van der Waals surface area contributed by atoms with Gasteiger partial charge in [-0.3, -0.25) is 30.1 Å². The van der Waals surface area contributed by atoms with E-state index in [0.717, 1.165) is 58.0 Å². The average Bonchev–Trinajstić information content (AvgIpc) is 4.07.